The van der Waals surface area contributed by atoms with E-state index in [2.05, 4.69) is 10.6 Å². The van der Waals surface area contributed by atoms with E-state index in [-0.39, 0.29) is 30.0 Å². The number of aryl methyl sites for hydroxylation is 1. The number of nitrogens with one attached hydrogen (secondary N) is 2. The fraction of sp³-hybridized carbons (Fsp3) is 0.412. The van der Waals surface area contributed by atoms with E-state index in [9.17, 15) is 23.5 Å². The lowest BCUT2D eigenvalue weighted by Gasteiger charge is -2.29. The van der Waals surface area contributed by atoms with E-state index in [1.54, 1.807) is 37.1 Å². The highest BCUT2D eigenvalue weighted by atomic mass is 19.1. The molecule has 5 atom stereocenters. The lowest BCUT2D eigenvalue weighted by atomic mass is 9.94. The van der Waals surface area contributed by atoms with Gasteiger partial charge in [0, 0.05) is 49.9 Å². The van der Waals surface area contributed by atoms with Gasteiger partial charge in [-0.2, -0.15) is 0 Å². The van der Waals surface area contributed by atoms with Crippen molar-refractivity contribution in [2.45, 2.75) is 62.9 Å². The molecule has 2 fully saturated rings. The van der Waals surface area contributed by atoms with Gasteiger partial charge >= 0.3 is 0 Å². The van der Waals surface area contributed by atoms with Crippen molar-refractivity contribution in [2.24, 2.45) is 0 Å². The Morgan fingerprint density at radius 1 is 1.07 bits per heavy atom. The number of hydrogen-bond donors (Lipinski definition) is 3. The Morgan fingerprint density at radius 3 is 2.52 bits per heavy atom. The highest BCUT2D eigenvalue weighted by Crippen LogP contribution is 2.24. The van der Waals surface area contributed by atoms with Gasteiger partial charge in [0.05, 0.1) is 24.8 Å². The van der Waals surface area contributed by atoms with Crippen molar-refractivity contribution in [3.63, 3.8) is 0 Å². The van der Waals surface area contributed by atoms with Crippen LogP contribution in [0.5, 0.6) is 5.75 Å². The average Bonchev–Trinajstić information content (AvgIpc) is 3.66. The van der Waals surface area contributed by atoms with Crippen LogP contribution in [0.4, 0.5) is 8.78 Å². The Balaban J connectivity index is 1.34. The molecule has 3 aromatic rings. The molecule has 0 bridgehead atoms. The van der Waals surface area contributed by atoms with Crippen LogP contribution in [0.25, 0.3) is 0 Å². The Kier molecular flexibility index (Phi) is 10.2. The molecule has 2 aliphatic rings. The minimum atomic E-state index is -1.11. The third-order valence-electron chi connectivity index (χ3n) is 8.27. The topological polar surface area (TPSA) is 100 Å². The van der Waals surface area contributed by atoms with Crippen LogP contribution in [0, 0.1) is 18.6 Å². The number of methoxy groups -OCH3 is 1. The van der Waals surface area contributed by atoms with E-state index in [4.69, 9.17) is 9.47 Å². The third kappa shape index (κ3) is 7.80. The number of para-hydroxylation sites is 1. The average molecular weight is 608 g/mol. The molecule has 2 heterocycles. The van der Waals surface area contributed by atoms with Gasteiger partial charge in [0.1, 0.15) is 23.5 Å². The van der Waals surface area contributed by atoms with Crippen molar-refractivity contribution >= 4 is 11.8 Å². The number of carbonyl (C=O) groups is 2. The zero-order chi connectivity index (χ0) is 31.2. The first-order valence-electron chi connectivity index (χ1n) is 15.0. The maximum Gasteiger partial charge on any atom is 0.254 e. The number of carbonyl (C=O) groups excluding carboxylic acids is 2. The summed E-state index contributed by atoms with van der Waals surface area (Å²) in [6.07, 6.45) is 0.852. The number of aliphatic hydroxyl groups excluding tert-OH is 1. The zero-order valence-corrected chi connectivity index (χ0v) is 25.0. The minimum absolute atomic E-state index is 0.0198. The molecule has 234 valence electrons. The van der Waals surface area contributed by atoms with Crippen LogP contribution >= 0.6 is 0 Å². The summed E-state index contributed by atoms with van der Waals surface area (Å²) in [5, 5.41) is 17.7. The molecular formula is C34H39F2N3O5. The van der Waals surface area contributed by atoms with Crippen LogP contribution in [-0.2, 0) is 11.2 Å². The molecule has 10 heteroatoms. The van der Waals surface area contributed by atoms with Gasteiger partial charge in [0.2, 0.25) is 0 Å². The van der Waals surface area contributed by atoms with Crippen molar-refractivity contribution in [1.29, 1.82) is 0 Å². The standard InChI is InChI=1S/C34H39F2N3O5/c1-21-11-23(16-24(12-21)34(42)39-10-6-7-27(39)20-43-2)33(41)38-31(15-22-13-25(35)17-26(36)14-22)32(40)30-18-29(19-37-30)44-28-8-4-3-5-9-28/h3-5,8-9,11-14,16-17,27,29-32,37,40H,6-7,10,15,18-20H2,1-2H3,(H,38,41)/t27-,29-,30-,31?,32?/m1/s1. The summed E-state index contributed by atoms with van der Waals surface area (Å²) in [6, 6.07) is 16.1. The maximum atomic E-state index is 14.1. The molecular weight excluding hydrogens is 568 g/mol. The summed E-state index contributed by atoms with van der Waals surface area (Å²) in [5.41, 5.74) is 1.66. The van der Waals surface area contributed by atoms with Gasteiger partial charge < -0.3 is 30.1 Å². The highest BCUT2D eigenvalue weighted by Gasteiger charge is 2.36. The third-order valence-corrected chi connectivity index (χ3v) is 8.27. The molecule has 44 heavy (non-hydrogen) atoms. The molecule has 2 unspecified atom stereocenters. The predicted octanol–water partition coefficient (Wildman–Crippen LogP) is 4.04. The Hall–Kier alpha value is -3.86. The van der Waals surface area contributed by atoms with E-state index in [0.29, 0.717) is 43.0 Å². The van der Waals surface area contributed by atoms with Gasteiger partial charge in [-0.15, -0.1) is 0 Å². The van der Waals surface area contributed by atoms with E-state index in [1.807, 2.05) is 30.3 Å². The van der Waals surface area contributed by atoms with Crippen molar-refractivity contribution in [2.75, 3.05) is 26.8 Å². The number of likely N-dealkylation sites (tertiary alicyclic amines) is 1. The lowest BCUT2D eigenvalue weighted by molar-refractivity contribution is 0.0630. The molecule has 2 aliphatic heterocycles. The second kappa shape index (κ2) is 14.3. The van der Waals surface area contributed by atoms with E-state index in [0.717, 1.165) is 24.5 Å². The maximum absolute atomic E-state index is 14.1. The highest BCUT2D eigenvalue weighted by molar-refractivity contribution is 6.00. The molecule has 0 aromatic heterocycles. The summed E-state index contributed by atoms with van der Waals surface area (Å²) < 4.78 is 39.5. The summed E-state index contributed by atoms with van der Waals surface area (Å²) in [7, 11) is 1.61. The summed E-state index contributed by atoms with van der Waals surface area (Å²) in [5.74, 6) is -1.46. The van der Waals surface area contributed by atoms with Gasteiger partial charge in [-0.25, -0.2) is 8.78 Å². The van der Waals surface area contributed by atoms with Gasteiger partial charge in [-0.3, -0.25) is 9.59 Å². The number of rotatable bonds is 11. The van der Waals surface area contributed by atoms with E-state index >= 15 is 0 Å². The summed E-state index contributed by atoms with van der Waals surface area (Å²) >= 11 is 0. The van der Waals surface area contributed by atoms with Crippen LogP contribution < -0.4 is 15.4 Å². The van der Waals surface area contributed by atoms with Crippen molar-refractivity contribution < 1.29 is 33.0 Å². The first-order valence-corrected chi connectivity index (χ1v) is 15.0. The molecule has 3 aromatic carbocycles. The molecule has 5 rings (SSSR count). The van der Waals surface area contributed by atoms with E-state index < -0.39 is 35.7 Å². The second-order valence-corrected chi connectivity index (χ2v) is 11.7. The molecule has 0 radical (unpaired) electrons. The van der Waals surface area contributed by atoms with Gasteiger partial charge in [0.15, 0.2) is 0 Å². The SMILES string of the molecule is COC[C@H]1CCCN1C(=O)c1cc(C)cc(C(=O)NC(Cc2cc(F)cc(F)c2)C(O)[C@H]2C[C@@H](Oc3ccccc3)CN2)c1. The first kappa shape index (κ1) is 31.6. The fourth-order valence-electron chi connectivity index (χ4n) is 6.22. The van der Waals surface area contributed by atoms with Crippen LogP contribution in [0.1, 0.15) is 51.1 Å². The fourth-order valence-corrected chi connectivity index (χ4v) is 6.22. The predicted molar refractivity (Wildman–Crippen MR) is 162 cm³/mol. The van der Waals surface area contributed by atoms with Gasteiger partial charge in [-0.05, 0) is 79.8 Å². The largest absolute Gasteiger partial charge is 0.489 e. The van der Waals surface area contributed by atoms with E-state index in [1.165, 1.54) is 12.1 Å². The number of hydrogen-bond acceptors (Lipinski definition) is 6. The Labute approximate surface area is 256 Å². The molecule has 8 nitrogen and oxygen atoms in total. The Bertz CT molecular complexity index is 1440. The normalized spacial score (nSPS) is 21.2. The molecule has 2 amide bonds. The number of benzene rings is 3. The first-order chi connectivity index (χ1) is 21.2. The second-order valence-electron chi connectivity index (χ2n) is 11.7. The summed E-state index contributed by atoms with van der Waals surface area (Å²) in [4.78, 5) is 28.9. The van der Waals surface area contributed by atoms with Crippen LogP contribution in [-0.4, -0.2) is 79.0 Å². The smallest absolute Gasteiger partial charge is 0.254 e. The molecule has 3 N–H and O–H groups in total. The minimum Gasteiger partial charge on any atom is -0.489 e. The number of nitrogens with zero attached hydrogens (tertiary/aromatic N) is 1. The molecule has 2 saturated heterocycles. The monoisotopic (exact) mass is 607 g/mol. The van der Waals surface area contributed by atoms with Gasteiger partial charge in [-0.1, -0.05) is 18.2 Å². The van der Waals surface area contributed by atoms with Crippen molar-refractivity contribution in [3.8, 4) is 5.75 Å². The number of amides is 2. The zero-order valence-electron chi connectivity index (χ0n) is 25.0. The molecule has 0 saturated carbocycles. The summed E-state index contributed by atoms with van der Waals surface area (Å²) in [6.45, 7) is 3.35. The molecule has 0 spiro atoms. The quantitative estimate of drug-likeness (QED) is 0.305. The number of ether oxygens (including phenoxy) is 2. The van der Waals surface area contributed by atoms with Gasteiger partial charge in [0.25, 0.3) is 11.8 Å². The van der Waals surface area contributed by atoms with Crippen LogP contribution in [0.3, 0.4) is 0 Å². The lowest BCUT2D eigenvalue weighted by Crippen LogP contribution is -2.52. The van der Waals surface area contributed by atoms with Crippen LogP contribution in [0.15, 0.2) is 66.7 Å². The van der Waals surface area contributed by atoms with Crippen molar-refractivity contribution in [3.05, 3.63) is 101 Å². The van der Waals surface area contributed by atoms with Crippen LogP contribution in [0.2, 0.25) is 0 Å². The van der Waals surface area contributed by atoms with Crippen molar-refractivity contribution in [1.82, 2.24) is 15.5 Å². The molecule has 0 aliphatic carbocycles. The number of halogens is 2. The number of aliphatic hydroxyl groups is 1. The Morgan fingerprint density at radius 2 is 1.80 bits per heavy atom.